The standard InChI is InChI=1S/C7H14O4.2CH4O3S/c8-3-1-7(2-4-9)10-5-6-11-7;2*1-5(2,3)4/h8-9H,1-6H2;2*1H3,(H,2,3,4). The fourth-order valence-electron chi connectivity index (χ4n) is 1.25. The van der Waals surface area contributed by atoms with E-state index >= 15 is 0 Å². The van der Waals surface area contributed by atoms with Crippen molar-refractivity contribution >= 4 is 20.2 Å². The van der Waals surface area contributed by atoms with Crippen LogP contribution in [0.3, 0.4) is 0 Å². The summed E-state index contributed by atoms with van der Waals surface area (Å²) in [5, 5.41) is 17.4. The van der Waals surface area contributed by atoms with Crippen molar-refractivity contribution in [3.63, 3.8) is 0 Å². The van der Waals surface area contributed by atoms with Gasteiger partial charge in [0.05, 0.1) is 25.7 Å². The molecule has 12 heteroatoms. The van der Waals surface area contributed by atoms with E-state index in [1.54, 1.807) is 0 Å². The molecule has 21 heavy (non-hydrogen) atoms. The van der Waals surface area contributed by atoms with Crippen molar-refractivity contribution in [1.82, 2.24) is 0 Å². The molecule has 1 heterocycles. The molecule has 1 rings (SSSR count). The Morgan fingerprint density at radius 1 is 0.857 bits per heavy atom. The number of ether oxygens (including phenoxy) is 2. The van der Waals surface area contributed by atoms with Crippen molar-refractivity contribution in [2.24, 2.45) is 0 Å². The Hall–Kier alpha value is -0.340. The van der Waals surface area contributed by atoms with Gasteiger partial charge in [0.1, 0.15) is 0 Å². The fraction of sp³-hybridized carbons (Fsp3) is 1.00. The van der Waals surface area contributed by atoms with Crippen LogP contribution >= 0.6 is 0 Å². The first-order valence-electron chi connectivity index (χ1n) is 5.67. The summed E-state index contributed by atoms with van der Waals surface area (Å²) in [4.78, 5) is 0. The van der Waals surface area contributed by atoms with Gasteiger partial charge in [0.25, 0.3) is 20.2 Å². The highest BCUT2D eigenvalue weighted by molar-refractivity contribution is 7.85. The summed E-state index contributed by atoms with van der Waals surface area (Å²) >= 11 is 0. The third-order valence-corrected chi connectivity index (χ3v) is 1.80. The second kappa shape index (κ2) is 10.4. The van der Waals surface area contributed by atoms with Crippen molar-refractivity contribution in [1.29, 1.82) is 0 Å². The molecule has 0 bridgehead atoms. The lowest BCUT2D eigenvalue weighted by Gasteiger charge is -2.25. The van der Waals surface area contributed by atoms with E-state index in [9.17, 15) is 16.8 Å². The van der Waals surface area contributed by atoms with Gasteiger partial charge in [-0.05, 0) is 0 Å². The van der Waals surface area contributed by atoms with Crippen LogP contribution in [-0.2, 0) is 29.7 Å². The van der Waals surface area contributed by atoms with E-state index in [0.29, 0.717) is 38.6 Å². The summed E-state index contributed by atoms with van der Waals surface area (Å²) in [5.41, 5.74) is 0. The van der Waals surface area contributed by atoms with E-state index in [0.717, 1.165) is 0 Å². The van der Waals surface area contributed by atoms with Gasteiger partial charge in [-0.25, -0.2) is 0 Å². The molecule has 0 aliphatic carbocycles. The van der Waals surface area contributed by atoms with Crippen LogP contribution in [0.2, 0.25) is 0 Å². The van der Waals surface area contributed by atoms with Gasteiger partial charge in [-0.2, -0.15) is 16.8 Å². The molecule has 0 amide bonds. The molecule has 0 unspecified atom stereocenters. The smallest absolute Gasteiger partial charge is 0.261 e. The first-order chi connectivity index (χ1) is 9.33. The van der Waals surface area contributed by atoms with Gasteiger partial charge in [-0.3, -0.25) is 9.11 Å². The molecular formula is C9H22O10S2. The zero-order chi connectivity index (χ0) is 17.2. The third kappa shape index (κ3) is 22.1. The summed E-state index contributed by atoms with van der Waals surface area (Å²) in [5.74, 6) is -0.705. The molecule has 1 aliphatic heterocycles. The molecule has 0 aromatic rings. The van der Waals surface area contributed by atoms with Crippen LogP contribution in [0.4, 0.5) is 0 Å². The molecule has 0 atom stereocenters. The van der Waals surface area contributed by atoms with Gasteiger partial charge in [-0.15, -0.1) is 0 Å². The Labute approximate surface area is 124 Å². The van der Waals surface area contributed by atoms with Gasteiger partial charge in [0.2, 0.25) is 0 Å². The zero-order valence-corrected chi connectivity index (χ0v) is 13.4. The highest BCUT2D eigenvalue weighted by Gasteiger charge is 2.35. The maximum Gasteiger partial charge on any atom is 0.261 e. The monoisotopic (exact) mass is 354 g/mol. The largest absolute Gasteiger partial charge is 0.396 e. The Bertz CT molecular complexity index is 395. The van der Waals surface area contributed by atoms with Crippen LogP contribution in [0.15, 0.2) is 0 Å². The first kappa shape index (κ1) is 22.9. The maximum atomic E-state index is 9.19. The Morgan fingerprint density at radius 3 is 1.29 bits per heavy atom. The van der Waals surface area contributed by atoms with E-state index in [-0.39, 0.29) is 13.2 Å². The van der Waals surface area contributed by atoms with Crippen LogP contribution in [0.25, 0.3) is 0 Å². The molecule has 1 saturated heterocycles. The summed E-state index contributed by atoms with van der Waals surface area (Å²) in [6, 6.07) is 0. The number of hydrogen-bond donors (Lipinski definition) is 4. The van der Waals surface area contributed by atoms with Crippen molar-refractivity contribution in [3.8, 4) is 0 Å². The van der Waals surface area contributed by atoms with Crippen LogP contribution in [0.1, 0.15) is 12.8 Å². The molecular weight excluding hydrogens is 332 g/mol. The second-order valence-electron chi connectivity index (χ2n) is 4.02. The van der Waals surface area contributed by atoms with E-state index in [1.165, 1.54) is 0 Å². The molecule has 130 valence electrons. The van der Waals surface area contributed by atoms with Crippen LogP contribution in [0.5, 0.6) is 0 Å². The average molecular weight is 354 g/mol. The van der Waals surface area contributed by atoms with E-state index in [2.05, 4.69) is 0 Å². The second-order valence-corrected chi connectivity index (χ2v) is 6.95. The first-order valence-corrected chi connectivity index (χ1v) is 9.37. The molecule has 1 fully saturated rings. The van der Waals surface area contributed by atoms with Crippen LogP contribution in [-0.4, -0.2) is 80.9 Å². The Kier molecular flexibility index (Phi) is 11.4. The Morgan fingerprint density at radius 2 is 1.10 bits per heavy atom. The summed E-state index contributed by atoms with van der Waals surface area (Å²) < 4.78 is 62.3. The minimum atomic E-state index is -3.67. The average Bonchev–Trinajstić information content (AvgIpc) is 2.62. The molecule has 0 radical (unpaired) electrons. The minimum Gasteiger partial charge on any atom is -0.396 e. The number of hydrogen-bond acceptors (Lipinski definition) is 8. The molecule has 4 N–H and O–H groups in total. The number of aliphatic hydroxyl groups excluding tert-OH is 2. The van der Waals surface area contributed by atoms with E-state index < -0.39 is 26.0 Å². The fourth-order valence-corrected chi connectivity index (χ4v) is 1.25. The molecule has 0 saturated carbocycles. The van der Waals surface area contributed by atoms with Crippen molar-refractivity contribution in [2.45, 2.75) is 18.6 Å². The molecule has 10 nitrogen and oxygen atoms in total. The lowest BCUT2D eigenvalue weighted by atomic mass is 10.1. The summed E-state index contributed by atoms with van der Waals surface area (Å²) in [6.07, 6.45) is 2.31. The normalized spacial score (nSPS) is 17.2. The van der Waals surface area contributed by atoms with Gasteiger partial charge >= 0.3 is 0 Å². The maximum absolute atomic E-state index is 9.19. The van der Waals surface area contributed by atoms with E-state index in [4.69, 9.17) is 28.8 Å². The topological polar surface area (TPSA) is 168 Å². The predicted molar refractivity (Wildman–Crippen MR) is 73.0 cm³/mol. The predicted octanol–water partition coefficient (Wildman–Crippen LogP) is -1.50. The number of aliphatic hydroxyl groups is 2. The van der Waals surface area contributed by atoms with Gasteiger partial charge in [0.15, 0.2) is 5.79 Å². The molecule has 0 spiro atoms. The molecule has 0 aromatic heterocycles. The van der Waals surface area contributed by atoms with Crippen molar-refractivity contribution in [2.75, 3.05) is 38.9 Å². The lowest BCUT2D eigenvalue weighted by Crippen LogP contribution is -2.32. The van der Waals surface area contributed by atoms with E-state index in [1.807, 2.05) is 0 Å². The van der Waals surface area contributed by atoms with Gasteiger partial charge < -0.3 is 19.7 Å². The van der Waals surface area contributed by atoms with Crippen LogP contribution < -0.4 is 0 Å². The van der Waals surface area contributed by atoms with Crippen molar-refractivity contribution < 1.29 is 45.6 Å². The Balaban J connectivity index is 0. The van der Waals surface area contributed by atoms with Crippen LogP contribution in [0, 0.1) is 0 Å². The number of rotatable bonds is 4. The SMILES string of the molecule is CS(=O)(=O)O.CS(=O)(=O)O.OCCC1(CCO)OCCO1. The highest BCUT2D eigenvalue weighted by atomic mass is 32.2. The van der Waals surface area contributed by atoms with Gasteiger partial charge in [0, 0.05) is 26.1 Å². The minimum absolute atomic E-state index is 0.0278. The zero-order valence-electron chi connectivity index (χ0n) is 11.8. The summed E-state index contributed by atoms with van der Waals surface area (Å²) in [6.45, 7) is 1.17. The third-order valence-electron chi connectivity index (χ3n) is 1.80. The molecule has 0 aromatic carbocycles. The molecule has 1 aliphatic rings. The summed E-state index contributed by atoms with van der Waals surface area (Å²) in [7, 11) is -7.33. The van der Waals surface area contributed by atoms with Gasteiger partial charge in [-0.1, -0.05) is 0 Å². The quantitative estimate of drug-likeness (QED) is 0.436. The highest BCUT2D eigenvalue weighted by Crippen LogP contribution is 2.26. The lowest BCUT2D eigenvalue weighted by molar-refractivity contribution is -0.176. The van der Waals surface area contributed by atoms with Crippen molar-refractivity contribution in [3.05, 3.63) is 0 Å².